The minimum atomic E-state index is -0.614. The van der Waals surface area contributed by atoms with Crippen molar-refractivity contribution in [2.24, 2.45) is 11.8 Å². The first-order valence-corrected chi connectivity index (χ1v) is 6.15. The number of aliphatic carboxylic acids is 1. The molecule has 2 fully saturated rings. The maximum Gasteiger partial charge on any atom is 0.308 e. The van der Waals surface area contributed by atoms with Crippen LogP contribution in [0.5, 0.6) is 0 Å². The third kappa shape index (κ3) is 2.33. The Morgan fingerprint density at radius 1 is 1.33 bits per heavy atom. The van der Waals surface area contributed by atoms with Gasteiger partial charge in [-0.25, -0.2) is 0 Å². The van der Waals surface area contributed by atoms with Crippen LogP contribution < -0.4 is 0 Å². The summed E-state index contributed by atoms with van der Waals surface area (Å²) in [6, 6.07) is 0.239. The zero-order valence-electron chi connectivity index (χ0n) is 9.48. The molecule has 2 atom stereocenters. The van der Waals surface area contributed by atoms with Crippen LogP contribution in [-0.2, 0) is 4.79 Å². The summed E-state index contributed by atoms with van der Waals surface area (Å²) in [6.07, 6.45) is 6.27. The quantitative estimate of drug-likeness (QED) is 0.776. The van der Waals surface area contributed by atoms with Crippen molar-refractivity contribution in [2.75, 3.05) is 13.1 Å². The van der Waals surface area contributed by atoms with Crippen LogP contribution in [0.1, 0.15) is 39.0 Å². The van der Waals surface area contributed by atoms with Gasteiger partial charge in [-0.15, -0.1) is 0 Å². The second kappa shape index (κ2) is 4.52. The smallest absolute Gasteiger partial charge is 0.308 e. The first-order chi connectivity index (χ1) is 7.18. The number of carboxylic acid groups (broad SMARTS) is 1. The Morgan fingerprint density at radius 2 is 2.00 bits per heavy atom. The Labute approximate surface area is 91.5 Å². The molecule has 1 saturated carbocycles. The Kier molecular flexibility index (Phi) is 3.29. The highest BCUT2D eigenvalue weighted by Gasteiger charge is 2.36. The molecule has 2 aliphatic rings. The molecule has 0 radical (unpaired) electrons. The fourth-order valence-electron chi connectivity index (χ4n) is 3.12. The molecule has 0 bridgehead atoms. The molecule has 0 aromatic rings. The predicted molar refractivity (Wildman–Crippen MR) is 58.7 cm³/mol. The number of carbonyl (C=O) groups is 1. The number of carboxylic acids is 1. The van der Waals surface area contributed by atoms with Gasteiger partial charge in [0.1, 0.15) is 0 Å². The van der Waals surface area contributed by atoms with E-state index >= 15 is 0 Å². The number of rotatable bonds is 3. The molecule has 15 heavy (non-hydrogen) atoms. The normalized spacial score (nSPS) is 33.7. The molecule has 1 aliphatic heterocycles. The minimum Gasteiger partial charge on any atom is -0.481 e. The van der Waals surface area contributed by atoms with Crippen LogP contribution in [0.2, 0.25) is 0 Å². The van der Waals surface area contributed by atoms with E-state index in [1.807, 2.05) is 0 Å². The van der Waals surface area contributed by atoms with Gasteiger partial charge in [0.25, 0.3) is 0 Å². The Balaban J connectivity index is 1.86. The fraction of sp³-hybridized carbons (Fsp3) is 0.917. The van der Waals surface area contributed by atoms with Crippen molar-refractivity contribution in [1.82, 2.24) is 4.90 Å². The minimum absolute atomic E-state index is 0.133. The first-order valence-electron chi connectivity index (χ1n) is 6.15. The first kappa shape index (κ1) is 10.9. The molecule has 3 heteroatoms. The van der Waals surface area contributed by atoms with Gasteiger partial charge in [0, 0.05) is 12.6 Å². The Morgan fingerprint density at radius 3 is 2.53 bits per heavy atom. The highest BCUT2D eigenvalue weighted by atomic mass is 16.4. The molecule has 1 aliphatic carbocycles. The molecular formula is C12H21NO2. The third-order valence-electron chi connectivity index (χ3n) is 4.17. The molecule has 1 saturated heterocycles. The molecule has 2 rings (SSSR count). The number of likely N-dealkylation sites (tertiary alicyclic amines) is 1. The summed E-state index contributed by atoms with van der Waals surface area (Å²) in [4.78, 5) is 13.4. The van der Waals surface area contributed by atoms with Crippen molar-refractivity contribution < 1.29 is 9.90 Å². The Bertz CT molecular complexity index is 236. The van der Waals surface area contributed by atoms with Crippen molar-refractivity contribution in [3.8, 4) is 0 Å². The summed E-state index contributed by atoms with van der Waals surface area (Å²) in [7, 11) is 0. The Hall–Kier alpha value is -0.570. The van der Waals surface area contributed by atoms with Crippen LogP contribution in [0, 0.1) is 11.8 Å². The van der Waals surface area contributed by atoms with Crippen molar-refractivity contribution >= 4 is 5.97 Å². The zero-order valence-corrected chi connectivity index (χ0v) is 9.48. The summed E-state index contributed by atoms with van der Waals surface area (Å²) in [6.45, 7) is 4.18. The molecule has 0 amide bonds. The lowest BCUT2D eigenvalue weighted by Crippen LogP contribution is -2.35. The molecule has 0 spiro atoms. The lowest BCUT2D eigenvalue weighted by atomic mass is 10.0. The van der Waals surface area contributed by atoms with Crippen LogP contribution in [0.3, 0.4) is 0 Å². The van der Waals surface area contributed by atoms with E-state index in [9.17, 15) is 4.79 Å². The second-order valence-electron chi connectivity index (χ2n) is 5.12. The van der Waals surface area contributed by atoms with Crippen LogP contribution in [0.25, 0.3) is 0 Å². The molecule has 1 heterocycles. The van der Waals surface area contributed by atoms with Crippen molar-refractivity contribution in [2.45, 2.75) is 45.1 Å². The van der Waals surface area contributed by atoms with Crippen molar-refractivity contribution in [3.63, 3.8) is 0 Å². The number of nitrogens with zero attached hydrogens (tertiary/aromatic N) is 1. The van der Waals surface area contributed by atoms with Crippen LogP contribution in [0.15, 0.2) is 0 Å². The van der Waals surface area contributed by atoms with E-state index in [2.05, 4.69) is 11.8 Å². The summed E-state index contributed by atoms with van der Waals surface area (Å²) in [5.74, 6) is 0.0859. The van der Waals surface area contributed by atoms with Gasteiger partial charge < -0.3 is 5.11 Å². The maximum absolute atomic E-state index is 11.0. The molecular weight excluding hydrogens is 190 g/mol. The summed E-state index contributed by atoms with van der Waals surface area (Å²) in [5, 5.41) is 9.04. The number of hydrogen-bond donors (Lipinski definition) is 1. The topological polar surface area (TPSA) is 40.5 Å². The van der Waals surface area contributed by atoms with E-state index in [0.29, 0.717) is 0 Å². The molecule has 2 unspecified atom stereocenters. The van der Waals surface area contributed by atoms with Gasteiger partial charge in [0.2, 0.25) is 0 Å². The molecule has 0 aromatic heterocycles. The summed E-state index contributed by atoms with van der Waals surface area (Å²) >= 11 is 0. The SMILES string of the molecule is CC1C(C(=O)O)CCN1CC1CCCC1. The highest BCUT2D eigenvalue weighted by Crippen LogP contribution is 2.30. The average molecular weight is 211 g/mol. The third-order valence-corrected chi connectivity index (χ3v) is 4.17. The summed E-state index contributed by atoms with van der Waals surface area (Å²) in [5.41, 5.74) is 0. The predicted octanol–water partition coefficient (Wildman–Crippen LogP) is 1.97. The van der Waals surface area contributed by atoms with E-state index in [1.54, 1.807) is 0 Å². The maximum atomic E-state index is 11.0. The molecule has 86 valence electrons. The lowest BCUT2D eigenvalue weighted by Gasteiger charge is -2.25. The monoisotopic (exact) mass is 211 g/mol. The standard InChI is InChI=1S/C12H21NO2/c1-9-11(12(14)15)6-7-13(9)8-10-4-2-3-5-10/h9-11H,2-8H2,1H3,(H,14,15). The largest absolute Gasteiger partial charge is 0.481 e. The van der Waals surface area contributed by atoms with E-state index in [-0.39, 0.29) is 12.0 Å². The zero-order chi connectivity index (χ0) is 10.8. The van der Waals surface area contributed by atoms with Crippen LogP contribution in [-0.4, -0.2) is 35.1 Å². The van der Waals surface area contributed by atoms with E-state index in [4.69, 9.17) is 5.11 Å². The number of hydrogen-bond acceptors (Lipinski definition) is 2. The van der Waals surface area contributed by atoms with E-state index in [1.165, 1.54) is 25.7 Å². The highest BCUT2D eigenvalue weighted by molar-refractivity contribution is 5.71. The van der Waals surface area contributed by atoms with Gasteiger partial charge in [-0.2, -0.15) is 0 Å². The van der Waals surface area contributed by atoms with Crippen molar-refractivity contribution in [1.29, 1.82) is 0 Å². The van der Waals surface area contributed by atoms with Gasteiger partial charge >= 0.3 is 5.97 Å². The lowest BCUT2D eigenvalue weighted by molar-refractivity contribution is -0.142. The summed E-state index contributed by atoms with van der Waals surface area (Å²) < 4.78 is 0. The molecule has 1 N–H and O–H groups in total. The molecule has 3 nitrogen and oxygen atoms in total. The van der Waals surface area contributed by atoms with Gasteiger partial charge in [-0.05, 0) is 38.6 Å². The van der Waals surface area contributed by atoms with Gasteiger partial charge in [-0.3, -0.25) is 9.69 Å². The van der Waals surface area contributed by atoms with Gasteiger partial charge in [-0.1, -0.05) is 12.8 Å². The van der Waals surface area contributed by atoms with Crippen LogP contribution in [0.4, 0.5) is 0 Å². The van der Waals surface area contributed by atoms with E-state index < -0.39 is 5.97 Å². The van der Waals surface area contributed by atoms with Crippen LogP contribution >= 0.6 is 0 Å². The van der Waals surface area contributed by atoms with Gasteiger partial charge in [0.05, 0.1) is 5.92 Å². The average Bonchev–Trinajstić information content (AvgIpc) is 2.78. The van der Waals surface area contributed by atoms with Crippen molar-refractivity contribution in [3.05, 3.63) is 0 Å². The fourth-order valence-corrected chi connectivity index (χ4v) is 3.12. The van der Waals surface area contributed by atoms with Gasteiger partial charge in [0.15, 0.2) is 0 Å². The molecule has 0 aromatic carbocycles. The van der Waals surface area contributed by atoms with E-state index in [0.717, 1.165) is 25.4 Å². The second-order valence-corrected chi connectivity index (χ2v) is 5.12.